The van der Waals surface area contributed by atoms with Crippen molar-refractivity contribution >= 4 is 28.0 Å². The zero-order valence-corrected chi connectivity index (χ0v) is 14.3. The monoisotopic (exact) mass is 354 g/mol. The number of carbonyl (C=O) groups is 1. The number of pyridine rings is 1. The molecule has 4 rings (SSSR count). The number of nitrogens with one attached hydrogen (secondary N) is 1. The summed E-state index contributed by atoms with van der Waals surface area (Å²) in [4.78, 5) is 18.4. The van der Waals surface area contributed by atoms with Gasteiger partial charge in [0.05, 0.1) is 22.7 Å². The van der Waals surface area contributed by atoms with Crippen LogP contribution in [0, 0.1) is 0 Å². The van der Waals surface area contributed by atoms with E-state index in [1.165, 1.54) is 0 Å². The largest absolute Gasteiger partial charge is 0.380 e. The Balaban J connectivity index is 1.78. The van der Waals surface area contributed by atoms with E-state index < -0.39 is 12.2 Å². The minimum absolute atomic E-state index is 0.319. The van der Waals surface area contributed by atoms with Crippen LogP contribution in [-0.4, -0.2) is 41.7 Å². The Bertz CT molecular complexity index is 889. The van der Waals surface area contributed by atoms with Crippen LogP contribution >= 0.6 is 11.3 Å². The van der Waals surface area contributed by atoms with Gasteiger partial charge in [0.2, 0.25) is 0 Å². The molecule has 1 fully saturated rings. The first-order valence-electron chi connectivity index (χ1n) is 8.22. The number of Topliss-reactive ketones (excluding diaryl/α,β-unsaturated/α-hetero) is 1. The van der Waals surface area contributed by atoms with Crippen molar-refractivity contribution in [2.75, 3.05) is 19.7 Å². The van der Waals surface area contributed by atoms with E-state index in [0.717, 1.165) is 28.0 Å². The number of fused-ring (bicyclic) bond motifs is 1. The Morgan fingerprint density at radius 2 is 2.20 bits per heavy atom. The van der Waals surface area contributed by atoms with Crippen molar-refractivity contribution in [3.63, 3.8) is 0 Å². The van der Waals surface area contributed by atoms with Gasteiger partial charge in [-0.15, -0.1) is 11.3 Å². The molecular weight excluding hydrogens is 336 g/mol. The van der Waals surface area contributed by atoms with Gasteiger partial charge in [-0.1, -0.05) is 24.3 Å². The average molecular weight is 354 g/mol. The van der Waals surface area contributed by atoms with Gasteiger partial charge in [-0.2, -0.15) is 0 Å². The molecule has 25 heavy (non-hydrogen) atoms. The number of ether oxygens (including phenoxy) is 1. The van der Waals surface area contributed by atoms with E-state index in [-0.39, 0.29) is 5.78 Å². The summed E-state index contributed by atoms with van der Waals surface area (Å²) in [5, 5.41) is 16.7. The van der Waals surface area contributed by atoms with Crippen molar-refractivity contribution < 1.29 is 14.6 Å². The number of aliphatic hydroxyl groups is 1. The molecule has 0 aliphatic carbocycles. The standard InChI is InChI=1S/C19H18N2O3S/c22-18(19(23)16-11-20-7-8-24-16)13-10-15(17-6-3-9-25-17)21-14-5-2-1-4-12(13)14/h1-6,9-10,16,18,20,22H,7-8,11H2. The lowest BCUT2D eigenvalue weighted by atomic mass is 9.97. The molecular formula is C19H18N2O3S. The maximum Gasteiger partial charge on any atom is 0.195 e. The van der Waals surface area contributed by atoms with Gasteiger partial charge in [-0.05, 0) is 29.1 Å². The molecule has 1 aliphatic rings. The van der Waals surface area contributed by atoms with Gasteiger partial charge in [-0.3, -0.25) is 4.79 Å². The summed E-state index contributed by atoms with van der Waals surface area (Å²) in [6, 6.07) is 13.3. The van der Waals surface area contributed by atoms with Crippen LogP contribution in [0.15, 0.2) is 47.8 Å². The molecule has 5 nitrogen and oxygen atoms in total. The summed E-state index contributed by atoms with van der Waals surface area (Å²) in [5.74, 6) is -0.319. The second kappa shape index (κ2) is 7.01. The van der Waals surface area contributed by atoms with Crippen LogP contribution in [0.5, 0.6) is 0 Å². The first-order chi connectivity index (χ1) is 12.2. The Labute approximate surface area is 149 Å². The fourth-order valence-electron chi connectivity index (χ4n) is 3.06. The van der Waals surface area contributed by atoms with Gasteiger partial charge in [-0.25, -0.2) is 4.98 Å². The lowest BCUT2D eigenvalue weighted by Gasteiger charge is -2.25. The van der Waals surface area contributed by atoms with Crippen LogP contribution in [0.4, 0.5) is 0 Å². The number of hydrogen-bond donors (Lipinski definition) is 2. The Morgan fingerprint density at radius 1 is 1.32 bits per heavy atom. The van der Waals surface area contributed by atoms with Crippen LogP contribution in [0.2, 0.25) is 0 Å². The number of hydrogen-bond acceptors (Lipinski definition) is 6. The van der Waals surface area contributed by atoms with E-state index >= 15 is 0 Å². The minimum atomic E-state index is -1.24. The second-order valence-electron chi connectivity index (χ2n) is 5.96. The molecule has 0 spiro atoms. The first kappa shape index (κ1) is 16.4. The molecule has 3 heterocycles. The number of morpholine rings is 1. The summed E-state index contributed by atoms with van der Waals surface area (Å²) in [5.41, 5.74) is 2.10. The topological polar surface area (TPSA) is 71.5 Å². The van der Waals surface area contributed by atoms with E-state index in [1.807, 2.05) is 47.8 Å². The zero-order chi connectivity index (χ0) is 17.2. The molecule has 2 N–H and O–H groups in total. The fourth-order valence-corrected chi connectivity index (χ4v) is 3.74. The number of aliphatic hydroxyl groups excluding tert-OH is 1. The number of benzene rings is 1. The molecule has 6 heteroatoms. The van der Waals surface area contributed by atoms with Gasteiger partial charge in [0.1, 0.15) is 12.2 Å². The molecule has 2 aromatic heterocycles. The molecule has 3 aromatic rings. The fraction of sp³-hybridized carbons (Fsp3) is 0.263. The quantitative estimate of drug-likeness (QED) is 0.753. The van der Waals surface area contributed by atoms with Gasteiger partial charge < -0.3 is 15.2 Å². The second-order valence-corrected chi connectivity index (χ2v) is 6.91. The van der Waals surface area contributed by atoms with Gasteiger partial charge in [0.25, 0.3) is 0 Å². The highest BCUT2D eigenvalue weighted by Crippen LogP contribution is 2.31. The molecule has 1 aliphatic heterocycles. The molecule has 0 saturated carbocycles. The van der Waals surface area contributed by atoms with Gasteiger partial charge in [0.15, 0.2) is 5.78 Å². The summed E-state index contributed by atoms with van der Waals surface area (Å²) in [6.07, 6.45) is -1.86. The number of rotatable bonds is 4. The lowest BCUT2D eigenvalue weighted by Crippen LogP contribution is -2.44. The highest BCUT2D eigenvalue weighted by atomic mass is 32.1. The molecule has 0 amide bonds. The van der Waals surface area contributed by atoms with Crippen LogP contribution in [0.3, 0.4) is 0 Å². The third kappa shape index (κ3) is 3.21. The highest BCUT2D eigenvalue weighted by Gasteiger charge is 2.30. The normalized spacial score (nSPS) is 19.0. The third-order valence-electron chi connectivity index (χ3n) is 4.33. The van der Waals surface area contributed by atoms with Crippen LogP contribution < -0.4 is 5.32 Å². The number of thiophene rings is 1. The molecule has 0 radical (unpaired) electrons. The highest BCUT2D eigenvalue weighted by molar-refractivity contribution is 7.13. The number of nitrogens with zero attached hydrogens (tertiary/aromatic N) is 1. The predicted molar refractivity (Wildman–Crippen MR) is 97.6 cm³/mol. The maximum absolute atomic E-state index is 12.7. The summed E-state index contributed by atoms with van der Waals surface area (Å²) in [7, 11) is 0. The number of aromatic nitrogens is 1. The Hall–Kier alpha value is -2.12. The van der Waals surface area contributed by atoms with Crippen LogP contribution in [-0.2, 0) is 9.53 Å². The Morgan fingerprint density at radius 3 is 2.96 bits per heavy atom. The van der Waals surface area contributed by atoms with Crippen molar-refractivity contribution in [2.45, 2.75) is 12.2 Å². The van der Waals surface area contributed by atoms with E-state index in [0.29, 0.717) is 18.7 Å². The lowest BCUT2D eigenvalue weighted by molar-refractivity contribution is -0.140. The molecule has 1 saturated heterocycles. The predicted octanol–water partition coefficient (Wildman–Crippen LogP) is 2.55. The van der Waals surface area contributed by atoms with Crippen molar-refractivity contribution in [2.24, 2.45) is 0 Å². The molecule has 2 atom stereocenters. The Kier molecular flexibility index (Phi) is 4.59. The van der Waals surface area contributed by atoms with Crippen molar-refractivity contribution in [3.8, 4) is 10.6 Å². The molecule has 1 aromatic carbocycles. The molecule has 2 unspecified atom stereocenters. The van der Waals surface area contributed by atoms with E-state index in [9.17, 15) is 9.90 Å². The number of ketones is 1. The van der Waals surface area contributed by atoms with Crippen LogP contribution in [0.1, 0.15) is 11.7 Å². The van der Waals surface area contributed by atoms with Crippen LogP contribution in [0.25, 0.3) is 21.5 Å². The van der Waals surface area contributed by atoms with E-state index in [4.69, 9.17) is 4.74 Å². The minimum Gasteiger partial charge on any atom is -0.380 e. The molecule has 128 valence electrons. The van der Waals surface area contributed by atoms with E-state index in [2.05, 4.69) is 10.3 Å². The zero-order valence-electron chi connectivity index (χ0n) is 13.5. The molecule has 0 bridgehead atoms. The SMILES string of the molecule is O=C(C1CNCCO1)C(O)c1cc(-c2cccs2)nc2ccccc12. The maximum atomic E-state index is 12.7. The first-order valence-corrected chi connectivity index (χ1v) is 9.09. The summed E-state index contributed by atoms with van der Waals surface area (Å²) < 4.78 is 5.51. The third-order valence-corrected chi connectivity index (χ3v) is 5.22. The van der Waals surface area contributed by atoms with Crippen molar-refractivity contribution in [1.82, 2.24) is 10.3 Å². The number of para-hydroxylation sites is 1. The number of carbonyl (C=O) groups excluding carboxylic acids is 1. The summed E-state index contributed by atoms with van der Waals surface area (Å²) >= 11 is 1.58. The van der Waals surface area contributed by atoms with Crippen molar-refractivity contribution in [3.05, 3.63) is 53.4 Å². The van der Waals surface area contributed by atoms with E-state index in [1.54, 1.807) is 11.3 Å². The van der Waals surface area contributed by atoms with Gasteiger partial charge >= 0.3 is 0 Å². The smallest absolute Gasteiger partial charge is 0.195 e. The van der Waals surface area contributed by atoms with Gasteiger partial charge in [0, 0.05) is 18.5 Å². The summed E-state index contributed by atoms with van der Waals surface area (Å²) in [6.45, 7) is 1.62. The average Bonchev–Trinajstić information content (AvgIpc) is 3.21. The van der Waals surface area contributed by atoms with Crippen molar-refractivity contribution in [1.29, 1.82) is 0 Å².